The Hall–Kier alpha value is -2.55. The van der Waals surface area contributed by atoms with Crippen molar-refractivity contribution in [3.8, 4) is 11.3 Å². The molecule has 2 aromatic heterocycles. The molecule has 22 heavy (non-hydrogen) atoms. The molecule has 0 aliphatic carbocycles. The first-order valence-corrected chi connectivity index (χ1v) is 5.99. The van der Waals surface area contributed by atoms with Crippen LogP contribution in [0.2, 0.25) is 0 Å². The summed E-state index contributed by atoms with van der Waals surface area (Å²) in [6.07, 6.45) is -2.32. The van der Waals surface area contributed by atoms with Crippen LogP contribution in [0.4, 0.5) is 13.2 Å². The van der Waals surface area contributed by atoms with Crippen molar-refractivity contribution in [3.05, 3.63) is 42.1 Å². The van der Waals surface area contributed by atoms with E-state index in [9.17, 15) is 18.0 Å². The molecule has 0 spiro atoms. The van der Waals surface area contributed by atoms with Crippen molar-refractivity contribution in [2.24, 2.45) is 5.73 Å². The number of aromatic nitrogens is 3. The molecule has 9 heteroatoms. The summed E-state index contributed by atoms with van der Waals surface area (Å²) >= 11 is 0. The predicted octanol–water partition coefficient (Wildman–Crippen LogP) is 1.13. The number of alkyl halides is 3. The summed E-state index contributed by atoms with van der Waals surface area (Å²) in [6.45, 7) is -2.63. The number of halogens is 3. The minimum Gasteiger partial charge on any atom is -0.349 e. The highest BCUT2D eigenvalue weighted by atomic mass is 19.4. The maximum atomic E-state index is 12.5. The van der Waals surface area contributed by atoms with Crippen molar-refractivity contribution in [3.63, 3.8) is 0 Å². The first kappa shape index (κ1) is 13.1. The average molecular weight is 313 g/mol. The van der Waals surface area contributed by atoms with E-state index in [0.717, 1.165) is 12.3 Å². The van der Waals surface area contributed by atoms with Crippen LogP contribution in [-0.4, -0.2) is 27.4 Å². The molecule has 0 bridgehead atoms. The molecule has 0 radical (unpaired) electrons. The third-order valence-corrected chi connectivity index (χ3v) is 2.63. The first-order valence-electron chi connectivity index (χ1n) is 6.99. The molecule has 6 nitrogen and oxygen atoms in total. The van der Waals surface area contributed by atoms with E-state index in [0.29, 0.717) is 17.0 Å². The fourth-order valence-electron chi connectivity index (χ4n) is 1.59. The van der Waals surface area contributed by atoms with Crippen LogP contribution in [0.15, 0.2) is 30.7 Å². The maximum Gasteiger partial charge on any atom is 0.433 e. The Labute approximate surface area is 126 Å². The Balaban J connectivity index is 2.14. The third-order valence-electron chi connectivity index (χ3n) is 2.63. The smallest absolute Gasteiger partial charge is 0.349 e. The van der Waals surface area contributed by atoms with Gasteiger partial charge in [-0.05, 0) is 18.2 Å². The predicted molar refractivity (Wildman–Crippen MR) is 71.2 cm³/mol. The van der Waals surface area contributed by atoms with Crippen molar-refractivity contribution in [1.82, 2.24) is 20.3 Å². The van der Waals surface area contributed by atoms with Gasteiger partial charge in [-0.2, -0.15) is 13.2 Å². The molecular weight excluding hydrogens is 299 g/mol. The number of pyridine rings is 1. The summed E-state index contributed by atoms with van der Waals surface area (Å²) in [4.78, 5) is 22.5. The Bertz CT molecular complexity index is 732. The van der Waals surface area contributed by atoms with Gasteiger partial charge in [0.25, 0.3) is 0 Å². The molecule has 3 N–H and O–H groups in total. The average Bonchev–Trinajstić information content (AvgIpc) is 2.51. The number of rotatable bonds is 4. The summed E-state index contributed by atoms with van der Waals surface area (Å²) < 4.78 is 51.6. The largest absolute Gasteiger partial charge is 0.433 e. The Morgan fingerprint density at radius 3 is 2.68 bits per heavy atom. The molecule has 0 fully saturated rings. The molecular formula is C13H12F3N5O. The molecule has 0 unspecified atom stereocenters. The minimum absolute atomic E-state index is 0.112. The molecule has 0 aromatic carbocycles. The summed E-state index contributed by atoms with van der Waals surface area (Å²) in [5, 5.41) is 2.25. The number of hydrogen-bond acceptors (Lipinski definition) is 5. The van der Waals surface area contributed by atoms with Crippen molar-refractivity contribution < 1.29 is 20.7 Å². The van der Waals surface area contributed by atoms with Gasteiger partial charge < -0.3 is 11.1 Å². The van der Waals surface area contributed by atoms with Gasteiger partial charge in [0.05, 0.1) is 27.2 Å². The highest BCUT2D eigenvalue weighted by Crippen LogP contribution is 2.28. The second-order valence-corrected chi connectivity index (χ2v) is 4.15. The lowest BCUT2D eigenvalue weighted by atomic mass is 10.1. The fourth-order valence-corrected chi connectivity index (χ4v) is 1.59. The van der Waals surface area contributed by atoms with E-state index in [2.05, 4.69) is 20.3 Å². The zero-order valence-corrected chi connectivity index (χ0v) is 11.1. The zero-order valence-electron chi connectivity index (χ0n) is 13.1. The van der Waals surface area contributed by atoms with E-state index in [1.165, 1.54) is 18.5 Å². The minimum atomic E-state index is -4.53. The van der Waals surface area contributed by atoms with E-state index in [-0.39, 0.29) is 6.54 Å². The molecule has 2 heterocycles. The lowest BCUT2D eigenvalue weighted by Crippen LogP contribution is -2.30. The molecule has 0 aliphatic heterocycles. The van der Waals surface area contributed by atoms with Gasteiger partial charge in [0.2, 0.25) is 5.91 Å². The van der Waals surface area contributed by atoms with Crippen LogP contribution >= 0.6 is 0 Å². The van der Waals surface area contributed by atoms with Crippen molar-refractivity contribution in [2.75, 3.05) is 6.50 Å². The van der Waals surface area contributed by atoms with E-state index >= 15 is 0 Å². The van der Waals surface area contributed by atoms with Gasteiger partial charge in [0, 0.05) is 11.8 Å². The van der Waals surface area contributed by atoms with Crippen LogP contribution in [0.1, 0.15) is 14.1 Å². The van der Waals surface area contributed by atoms with Gasteiger partial charge in [-0.25, -0.2) is 9.97 Å². The van der Waals surface area contributed by atoms with Gasteiger partial charge in [0.1, 0.15) is 12.0 Å². The van der Waals surface area contributed by atoms with Gasteiger partial charge in [0.15, 0.2) is 0 Å². The topological polar surface area (TPSA) is 93.8 Å². The van der Waals surface area contributed by atoms with Crippen LogP contribution in [0, 0.1) is 0 Å². The second kappa shape index (κ2) is 6.48. The van der Waals surface area contributed by atoms with Gasteiger partial charge >= 0.3 is 6.18 Å². The van der Waals surface area contributed by atoms with E-state index in [1.807, 2.05) is 0 Å². The van der Waals surface area contributed by atoms with Crippen molar-refractivity contribution >= 4 is 5.91 Å². The lowest BCUT2D eigenvalue weighted by Gasteiger charge is -2.07. The van der Waals surface area contributed by atoms with Gasteiger partial charge in [-0.3, -0.25) is 9.78 Å². The first-order chi connectivity index (χ1) is 11.1. The standard InChI is InChI=1S/C13H12F3N5O/c14-13(15,16)11-2-1-8(5-18-11)10-3-9(20-7-21-10)6-19-12(22)4-17/h1-3,5,7H,4,6,17H2,(H,19,22)/i4D2. The molecule has 0 saturated heterocycles. The van der Waals surface area contributed by atoms with Crippen LogP contribution in [0.25, 0.3) is 11.3 Å². The third kappa shape index (κ3) is 3.98. The Morgan fingerprint density at radius 1 is 1.32 bits per heavy atom. The second-order valence-electron chi connectivity index (χ2n) is 4.15. The number of carbonyl (C=O) groups is 1. The molecule has 0 saturated carbocycles. The van der Waals surface area contributed by atoms with E-state index in [4.69, 9.17) is 8.48 Å². The number of nitrogens with zero attached hydrogens (tertiary/aromatic N) is 3. The maximum absolute atomic E-state index is 12.5. The summed E-state index contributed by atoms with van der Waals surface area (Å²) in [7, 11) is 0. The summed E-state index contributed by atoms with van der Waals surface area (Å²) in [5.74, 6) is -1.01. The van der Waals surface area contributed by atoms with Gasteiger partial charge in [-0.1, -0.05) is 0 Å². The number of hydrogen-bond donors (Lipinski definition) is 2. The molecule has 116 valence electrons. The molecule has 2 rings (SSSR count). The normalized spacial score (nSPS) is 13.3. The number of amides is 1. The zero-order chi connectivity index (χ0) is 18.0. The number of nitrogens with one attached hydrogen (secondary N) is 1. The summed E-state index contributed by atoms with van der Waals surface area (Å²) in [5.41, 5.74) is 4.97. The fraction of sp³-hybridized carbons (Fsp3) is 0.231. The Kier molecular flexibility index (Phi) is 3.87. The molecule has 2 aromatic rings. The van der Waals surface area contributed by atoms with E-state index in [1.54, 1.807) is 0 Å². The highest BCUT2D eigenvalue weighted by molar-refractivity contribution is 5.77. The SMILES string of the molecule is [2H]C([2H])(N)C(=O)NCc1cc(-c2ccc(C(F)(F)F)nc2)ncn1. The van der Waals surface area contributed by atoms with Crippen LogP contribution < -0.4 is 11.1 Å². The number of nitrogens with two attached hydrogens (primary N) is 1. The quantitative estimate of drug-likeness (QED) is 0.882. The lowest BCUT2D eigenvalue weighted by molar-refractivity contribution is -0.141. The molecule has 1 amide bonds. The van der Waals surface area contributed by atoms with Crippen LogP contribution in [0.3, 0.4) is 0 Å². The highest BCUT2D eigenvalue weighted by Gasteiger charge is 2.32. The molecule has 0 aliphatic rings. The van der Waals surface area contributed by atoms with E-state index < -0.39 is 24.3 Å². The summed E-state index contributed by atoms with van der Waals surface area (Å²) in [6, 6.07) is 3.50. The molecule has 0 atom stereocenters. The van der Waals surface area contributed by atoms with Crippen LogP contribution in [-0.2, 0) is 17.5 Å². The van der Waals surface area contributed by atoms with Gasteiger partial charge in [-0.15, -0.1) is 0 Å². The van der Waals surface area contributed by atoms with Crippen molar-refractivity contribution in [2.45, 2.75) is 12.7 Å². The Morgan fingerprint density at radius 2 is 2.09 bits per heavy atom. The monoisotopic (exact) mass is 313 g/mol. The van der Waals surface area contributed by atoms with Crippen LogP contribution in [0.5, 0.6) is 0 Å². The number of carbonyl (C=O) groups excluding carboxylic acids is 1. The van der Waals surface area contributed by atoms with Crippen molar-refractivity contribution in [1.29, 1.82) is 0 Å².